The predicted molar refractivity (Wildman–Crippen MR) is 72.3 cm³/mol. The summed E-state index contributed by atoms with van der Waals surface area (Å²) in [7, 11) is 0. The molecule has 0 bridgehead atoms. The van der Waals surface area contributed by atoms with Gasteiger partial charge in [0.1, 0.15) is 5.82 Å². The number of pyridine rings is 1. The van der Waals surface area contributed by atoms with Gasteiger partial charge in [0, 0.05) is 12.3 Å². The van der Waals surface area contributed by atoms with Gasteiger partial charge in [-0.25, -0.2) is 9.97 Å². The molecule has 0 amide bonds. The Morgan fingerprint density at radius 1 is 1.38 bits per heavy atom. The lowest BCUT2D eigenvalue weighted by atomic mass is 10.4. The normalized spacial score (nSPS) is 10.5. The maximum atomic E-state index is 10.9. The number of hydrogen-bond acceptors (Lipinski definition) is 7. The zero-order valence-electron chi connectivity index (χ0n) is 10.7. The number of rotatable bonds is 5. The first-order chi connectivity index (χ1) is 10.2. The van der Waals surface area contributed by atoms with Crippen LogP contribution < -0.4 is 5.32 Å². The van der Waals surface area contributed by atoms with E-state index in [9.17, 15) is 10.1 Å². The number of aromatic nitrogens is 4. The summed E-state index contributed by atoms with van der Waals surface area (Å²) in [5.41, 5.74) is -0.0942. The van der Waals surface area contributed by atoms with Crippen LogP contribution in [0, 0.1) is 10.1 Å². The summed E-state index contributed by atoms with van der Waals surface area (Å²) in [5, 5.41) is 20.5. The third kappa shape index (κ3) is 2.71. The van der Waals surface area contributed by atoms with Gasteiger partial charge in [-0.1, -0.05) is 0 Å². The van der Waals surface area contributed by atoms with Crippen LogP contribution in [0.2, 0.25) is 0 Å². The van der Waals surface area contributed by atoms with E-state index in [-0.39, 0.29) is 18.1 Å². The lowest BCUT2D eigenvalue weighted by Gasteiger charge is -2.03. The molecule has 106 valence electrons. The molecule has 0 aliphatic rings. The van der Waals surface area contributed by atoms with Gasteiger partial charge in [-0.3, -0.25) is 15.2 Å². The highest BCUT2D eigenvalue weighted by Gasteiger charge is 2.14. The van der Waals surface area contributed by atoms with Crippen LogP contribution >= 0.6 is 0 Å². The standard InChI is InChI=1S/C12H10N6O3/c19-18(20)8-3-1-5-13-11(8)14-7-10-15-12(17-16-10)9-4-2-6-21-9/h1-6H,7H2,(H,13,14)(H,15,16,17). The molecule has 3 aromatic heterocycles. The van der Waals surface area contributed by atoms with Crippen molar-refractivity contribution in [1.29, 1.82) is 0 Å². The Balaban J connectivity index is 1.73. The average molecular weight is 286 g/mol. The van der Waals surface area contributed by atoms with Gasteiger partial charge in [0.15, 0.2) is 5.76 Å². The van der Waals surface area contributed by atoms with Gasteiger partial charge < -0.3 is 9.73 Å². The largest absolute Gasteiger partial charge is 0.461 e. The van der Waals surface area contributed by atoms with Crippen molar-refractivity contribution in [3.05, 3.63) is 52.7 Å². The Hall–Kier alpha value is -3.23. The van der Waals surface area contributed by atoms with Crippen molar-refractivity contribution in [1.82, 2.24) is 20.2 Å². The second-order valence-electron chi connectivity index (χ2n) is 4.06. The van der Waals surface area contributed by atoms with E-state index in [0.29, 0.717) is 17.4 Å². The molecular weight excluding hydrogens is 276 g/mol. The van der Waals surface area contributed by atoms with E-state index in [4.69, 9.17) is 4.42 Å². The van der Waals surface area contributed by atoms with Crippen LogP contribution in [0.4, 0.5) is 11.5 Å². The van der Waals surface area contributed by atoms with Crippen LogP contribution in [0.15, 0.2) is 41.1 Å². The maximum absolute atomic E-state index is 10.9. The molecule has 0 atom stereocenters. The van der Waals surface area contributed by atoms with Gasteiger partial charge in [-0.15, -0.1) is 5.10 Å². The first-order valence-electron chi connectivity index (χ1n) is 6.02. The molecular formula is C12H10N6O3. The molecule has 0 aliphatic heterocycles. The summed E-state index contributed by atoms with van der Waals surface area (Å²) in [4.78, 5) is 18.5. The maximum Gasteiger partial charge on any atom is 0.311 e. The van der Waals surface area contributed by atoms with Crippen LogP contribution in [0.3, 0.4) is 0 Å². The van der Waals surface area contributed by atoms with Crippen molar-refractivity contribution in [2.24, 2.45) is 0 Å². The molecule has 0 saturated heterocycles. The van der Waals surface area contributed by atoms with Crippen LogP contribution in [0.25, 0.3) is 11.6 Å². The minimum Gasteiger partial charge on any atom is -0.461 e. The van der Waals surface area contributed by atoms with Gasteiger partial charge in [0.25, 0.3) is 0 Å². The van der Waals surface area contributed by atoms with Crippen LogP contribution in [0.1, 0.15) is 5.82 Å². The van der Waals surface area contributed by atoms with Crippen molar-refractivity contribution in [2.45, 2.75) is 6.54 Å². The summed E-state index contributed by atoms with van der Waals surface area (Å²) >= 11 is 0. The number of aromatic amines is 1. The molecule has 2 N–H and O–H groups in total. The lowest BCUT2D eigenvalue weighted by molar-refractivity contribution is -0.384. The highest BCUT2D eigenvalue weighted by atomic mass is 16.6. The molecule has 0 aromatic carbocycles. The Labute approximate surface area is 118 Å². The van der Waals surface area contributed by atoms with Crippen molar-refractivity contribution in [3.63, 3.8) is 0 Å². The van der Waals surface area contributed by atoms with E-state index >= 15 is 0 Å². The van der Waals surface area contributed by atoms with E-state index in [1.165, 1.54) is 24.6 Å². The molecule has 3 heterocycles. The van der Waals surface area contributed by atoms with Crippen molar-refractivity contribution in [2.75, 3.05) is 5.32 Å². The highest BCUT2D eigenvalue weighted by molar-refractivity contribution is 5.55. The summed E-state index contributed by atoms with van der Waals surface area (Å²) in [5.74, 6) is 1.66. The van der Waals surface area contributed by atoms with Gasteiger partial charge in [0.05, 0.1) is 17.7 Å². The Bertz CT molecular complexity index is 752. The zero-order valence-corrected chi connectivity index (χ0v) is 10.7. The molecule has 0 aliphatic carbocycles. The molecule has 3 rings (SSSR count). The number of hydrogen-bond donors (Lipinski definition) is 2. The second kappa shape index (κ2) is 5.41. The fourth-order valence-corrected chi connectivity index (χ4v) is 1.74. The smallest absolute Gasteiger partial charge is 0.311 e. The minimum atomic E-state index is -0.496. The van der Waals surface area contributed by atoms with Crippen molar-refractivity contribution < 1.29 is 9.34 Å². The molecule has 0 unspecified atom stereocenters. The molecule has 0 saturated carbocycles. The summed E-state index contributed by atoms with van der Waals surface area (Å²) in [6.07, 6.45) is 3.00. The number of H-pyrrole nitrogens is 1. The molecule has 9 nitrogen and oxygen atoms in total. The predicted octanol–water partition coefficient (Wildman–Crippen LogP) is 1.98. The number of furan rings is 1. The van der Waals surface area contributed by atoms with Gasteiger partial charge in [-0.05, 0) is 18.2 Å². The number of nitrogens with one attached hydrogen (secondary N) is 2. The number of nitrogens with zero attached hydrogens (tertiary/aromatic N) is 4. The Morgan fingerprint density at radius 3 is 3.05 bits per heavy atom. The topological polar surface area (TPSA) is 123 Å². The number of anilines is 1. The zero-order chi connectivity index (χ0) is 14.7. The minimum absolute atomic E-state index is 0.0942. The third-order valence-corrected chi connectivity index (χ3v) is 2.68. The Morgan fingerprint density at radius 2 is 2.29 bits per heavy atom. The third-order valence-electron chi connectivity index (χ3n) is 2.68. The van der Waals surface area contributed by atoms with Crippen molar-refractivity contribution >= 4 is 11.5 Å². The lowest BCUT2D eigenvalue weighted by Crippen LogP contribution is -2.05. The first kappa shape index (κ1) is 12.8. The summed E-state index contributed by atoms with van der Waals surface area (Å²) in [6, 6.07) is 6.36. The average Bonchev–Trinajstić information content (AvgIpc) is 3.16. The number of nitro groups is 1. The van der Waals surface area contributed by atoms with E-state index in [1.807, 2.05) is 0 Å². The first-order valence-corrected chi connectivity index (χ1v) is 6.02. The van der Waals surface area contributed by atoms with E-state index in [2.05, 4.69) is 25.5 Å². The quantitative estimate of drug-likeness (QED) is 0.543. The van der Waals surface area contributed by atoms with Crippen molar-refractivity contribution in [3.8, 4) is 11.6 Å². The highest BCUT2D eigenvalue weighted by Crippen LogP contribution is 2.21. The molecule has 21 heavy (non-hydrogen) atoms. The molecule has 3 aromatic rings. The van der Waals surface area contributed by atoms with E-state index in [0.717, 1.165) is 0 Å². The molecule has 0 spiro atoms. The molecule has 0 fully saturated rings. The monoisotopic (exact) mass is 286 g/mol. The summed E-state index contributed by atoms with van der Waals surface area (Å²) < 4.78 is 5.18. The Kier molecular flexibility index (Phi) is 3.29. The van der Waals surface area contributed by atoms with Gasteiger partial charge >= 0.3 is 5.69 Å². The van der Waals surface area contributed by atoms with Crippen LogP contribution in [-0.4, -0.2) is 25.1 Å². The fraction of sp³-hybridized carbons (Fsp3) is 0.0833. The van der Waals surface area contributed by atoms with Gasteiger partial charge in [0.2, 0.25) is 11.6 Å². The van der Waals surface area contributed by atoms with E-state index < -0.39 is 4.92 Å². The van der Waals surface area contributed by atoms with Crippen LogP contribution in [-0.2, 0) is 6.54 Å². The fourth-order valence-electron chi connectivity index (χ4n) is 1.74. The summed E-state index contributed by atoms with van der Waals surface area (Å²) in [6.45, 7) is 0.228. The van der Waals surface area contributed by atoms with Crippen LogP contribution in [0.5, 0.6) is 0 Å². The SMILES string of the molecule is O=[N+]([O-])c1cccnc1NCc1nc(-c2ccco2)n[nH]1. The van der Waals surface area contributed by atoms with Gasteiger partial charge in [-0.2, -0.15) is 0 Å². The van der Waals surface area contributed by atoms with E-state index in [1.54, 1.807) is 12.1 Å². The molecule has 0 radical (unpaired) electrons. The molecule has 9 heteroatoms. The second-order valence-corrected chi connectivity index (χ2v) is 4.06.